The van der Waals surface area contributed by atoms with Crippen molar-refractivity contribution in [3.8, 4) is 0 Å². The zero-order chi connectivity index (χ0) is 16.7. The third-order valence-corrected chi connectivity index (χ3v) is 4.90. The van der Waals surface area contributed by atoms with E-state index >= 15 is 0 Å². The summed E-state index contributed by atoms with van der Waals surface area (Å²) < 4.78 is 0.652. The molecule has 1 atom stereocenters. The lowest BCUT2D eigenvalue weighted by molar-refractivity contribution is -0.119. The molecule has 1 aromatic carbocycles. The number of nitrogens with one attached hydrogen (secondary N) is 2. The summed E-state index contributed by atoms with van der Waals surface area (Å²) in [4.78, 5) is 22.3. The number of urea groups is 1. The molecule has 1 heterocycles. The lowest BCUT2D eigenvalue weighted by atomic mass is 10.2. The number of nitrogens with zero attached hydrogens (tertiary/aromatic N) is 2. The number of primary amides is 1. The summed E-state index contributed by atoms with van der Waals surface area (Å²) in [5.41, 5.74) is 6.16. The minimum absolute atomic E-state index is 0.448. The average Bonchev–Trinajstić information content (AvgIpc) is 2.95. The van der Waals surface area contributed by atoms with Gasteiger partial charge in [0.05, 0.1) is 5.25 Å². The quantitative estimate of drug-likeness (QED) is 0.657. The Morgan fingerprint density at radius 1 is 1.30 bits per heavy atom. The van der Waals surface area contributed by atoms with E-state index in [1.165, 1.54) is 28.7 Å². The van der Waals surface area contributed by atoms with Gasteiger partial charge in [0.15, 0.2) is 4.34 Å². The van der Waals surface area contributed by atoms with E-state index in [0.29, 0.717) is 9.47 Å². The molecule has 0 spiro atoms. The normalized spacial score (nSPS) is 11.7. The van der Waals surface area contributed by atoms with E-state index in [9.17, 15) is 9.59 Å². The molecule has 122 valence electrons. The number of benzene rings is 1. The minimum atomic E-state index is -0.858. The maximum atomic E-state index is 11.6. The summed E-state index contributed by atoms with van der Waals surface area (Å²) in [7, 11) is 0. The van der Waals surface area contributed by atoms with Crippen LogP contribution in [0.4, 0.5) is 9.93 Å². The molecule has 4 N–H and O–H groups in total. The van der Waals surface area contributed by atoms with E-state index in [4.69, 9.17) is 5.73 Å². The van der Waals surface area contributed by atoms with E-state index in [1.54, 1.807) is 6.92 Å². The second-order valence-corrected chi connectivity index (χ2v) is 7.21. The lowest BCUT2D eigenvalue weighted by Crippen LogP contribution is -2.39. The first-order chi connectivity index (χ1) is 11.0. The Kier molecular flexibility index (Phi) is 6.36. The molecule has 9 heteroatoms. The zero-order valence-electron chi connectivity index (χ0n) is 12.5. The van der Waals surface area contributed by atoms with Gasteiger partial charge in [0, 0.05) is 6.54 Å². The van der Waals surface area contributed by atoms with Crippen LogP contribution in [0.15, 0.2) is 34.7 Å². The van der Waals surface area contributed by atoms with Crippen molar-refractivity contribution in [2.24, 2.45) is 5.73 Å². The van der Waals surface area contributed by atoms with E-state index in [2.05, 4.69) is 27.6 Å². The maximum absolute atomic E-state index is 11.6. The van der Waals surface area contributed by atoms with Crippen LogP contribution in [0.5, 0.6) is 0 Å². The molecular formula is C14H17N5O2S2. The Labute approximate surface area is 142 Å². The van der Waals surface area contributed by atoms with Gasteiger partial charge in [0.2, 0.25) is 11.0 Å². The van der Waals surface area contributed by atoms with Gasteiger partial charge in [-0.15, -0.1) is 10.2 Å². The molecule has 0 radical (unpaired) electrons. The van der Waals surface area contributed by atoms with Crippen molar-refractivity contribution in [2.45, 2.75) is 22.9 Å². The average molecular weight is 351 g/mol. The largest absolute Gasteiger partial charge is 0.360 e. The maximum Gasteiger partial charge on any atom is 0.318 e. The third-order valence-electron chi connectivity index (χ3n) is 2.83. The van der Waals surface area contributed by atoms with E-state index in [1.807, 2.05) is 23.5 Å². The van der Waals surface area contributed by atoms with Crippen LogP contribution >= 0.6 is 23.1 Å². The van der Waals surface area contributed by atoms with Crippen molar-refractivity contribution < 1.29 is 9.59 Å². The van der Waals surface area contributed by atoms with Gasteiger partial charge >= 0.3 is 6.03 Å². The molecule has 0 aliphatic rings. The number of carbonyl (C=O) groups excluding carboxylic acids is 2. The number of hydrogen-bond acceptors (Lipinski definition) is 7. The summed E-state index contributed by atoms with van der Waals surface area (Å²) >= 11 is 2.60. The van der Waals surface area contributed by atoms with Crippen LogP contribution in [-0.2, 0) is 11.2 Å². The van der Waals surface area contributed by atoms with Gasteiger partial charge in [-0.1, -0.05) is 53.4 Å². The molecule has 0 aliphatic carbocycles. The Hall–Kier alpha value is -2.13. The van der Waals surface area contributed by atoms with Gasteiger partial charge < -0.3 is 11.1 Å². The van der Waals surface area contributed by atoms with Gasteiger partial charge in [0.25, 0.3) is 0 Å². The van der Waals surface area contributed by atoms with E-state index < -0.39 is 17.2 Å². The second-order valence-electron chi connectivity index (χ2n) is 4.65. The van der Waals surface area contributed by atoms with Gasteiger partial charge in [-0.25, -0.2) is 4.79 Å². The fraction of sp³-hybridized carbons (Fsp3) is 0.286. The van der Waals surface area contributed by atoms with Gasteiger partial charge in [-0.05, 0) is 18.9 Å². The molecule has 2 aromatic rings. The van der Waals surface area contributed by atoms with Crippen molar-refractivity contribution in [3.05, 3.63) is 35.9 Å². The summed E-state index contributed by atoms with van der Waals surface area (Å²) in [6.07, 6.45) is 0.889. The van der Waals surface area contributed by atoms with Crippen molar-refractivity contribution in [2.75, 3.05) is 11.9 Å². The Bertz CT molecular complexity index is 662. The SMILES string of the molecule is C[C@@H](Sc1nnc(NCCc2ccccc2)s1)C(=O)NC(N)=O. The van der Waals surface area contributed by atoms with Gasteiger partial charge in [-0.2, -0.15) is 0 Å². The Morgan fingerprint density at radius 2 is 2.04 bits per heavy atom. The molecule has 0 saturated heterocycles. The van der Waals surface area contributed by atoms with Crippen LogP contribution < -0.4 is 16.4 Å². The summed E-state index contributed by atoms with van der Waals surface area (Å²) in [6, 6.07) is 9.29. The molecule has 0 unspecified atom stereocenters. The van der Waals surface area contributed by atoms with Gasteiger partial charge in [-0.3, -0.25) is 10.1 Å². The highest BCUT2D eigenvalue weighted by molar-refractivity contribution is 8.02. The molecule has 3 amide bonds. The third kappa shape index (κ3) is 5.87. The standard InChI is InChI=1S/C14H17N5O2S2/c1-9(11(20)17-12(15)21)22-14-19-18-13(23-14)16-8-7-10-5-3-2-4-6-10/h2-6,9H,7-8H2,1H3,(H,16,18)(H3,15,17,20,21)/t9-/m1/s1. The molecule has 1 aromatic heterocycles. The highest BCUT2D eigenvalue weighted by atomic mass is 32.2. The van der Waals surface area contributed by atoms with Crippen LogP contribution in [0, 0.1) is 0 Å². The molecule has 7 nitrogen and oxygen atoms in total. The number of amides is 3. The fourth-order valence-corrected chi connectivity index (χ4v) is 3.64. The first-order valence-electron chi connectivity index (χ1n) is 6.93. The Balaban J connectivity index is 1.79. The van der Waals surface area contributed by atoms with E-state index in [-0.39, 0.29) is 0 Å². The van der Waals surface area contributed by atoms with Crippen molar-refractivity contribution >= 4 is 40.2 Å². The summed E-state index contributed by atoms with van der Waals surface area (Å²) in [5.74, 6) is -0.448. The number of hydrogen-bond donors (Lipinski definition) is 3. The predicted octanol–water partition coefficient (Wildman–Crippen LogP) is 1.87. The highest BCUT2D eigenvalue weighted by Crippen LogP contribution is 2.28. The topological polar surface area (TPSA) is 110 Å². The molecule has 0 saturated carbocycles. The van der Waals surface area contributed by atoms with Crippen LogP contribution in [-0.4, -0.2) is 33.9 Å². The van der Waals surface area contributed by atoms with Crippen molar-refractivity contribution in [1.29, 1.82) is 0 Å². The Morgan fingerprint density at radius 3 is 2.74 bits per heavy atom. The number of thioether (sulfide) groups is 1. The van der Waals surface area contributed by atoms with Crippen LogP contribution in [0.3, 0.4) is 0 Å². The molecular weight excluding hydrogens is 334 g/mol. The molecule has 0 aliphatic heterocycles. The number of imide groups is 1. The van der Waals surface area contributed by atoms with Crippen molar-refractivity contribution in [3.63, 3.8) is 0 Å². The summed E-state index contributed by atoms with van der Waals surface area (Å²) in [6.45, 7) is 2.42. The number of aromatic nitrogens is 2. The zero-order valence-corrected chi connectivity index (χ0v) is 14.1. The molecule has 0 bridgehead atoms. The lowest BCUT2D eigenvalue weighted by Gasteiger charge is -2.06. The number of carbonyl (C=O) groups is 2. The predicted molar refractivity (Wildman–Crippen MR) is 91.6 cm³/mol. The van der Waals surface area contributed by atoms with Crippen LogP contribution in [0.1, 0.15) is 12.5 Å². The van der Waals surface area contributed by atoms with Crippen molar-refractivity contribution in [1.82, 2.24) is 15.5 Å². The number of nitrogens with two attached hydrogens (primary N) is 1. The smallest absolute Gasteiger partial charge is 0.318 e. The van der Waals surface area contributed by atoms with Crippen LogP contribution in [0.2, 0.25) is 0 Å². The van der Waals surface area contributed by atoms with E-state index in [0.717, 1.165) is 13.0 Å². The fourth-order valence-electron chi connectivity index (χ4n) is 1.72. The first-order valence-corrected chi connectivity index (χ1v) is 8.62. The highest BCUT2D eigenvalue weighted by Gasteiger charge is 2.18. The second kappa shape index (κ2) is 8.49. The first kappa shape index (κ1) is 17.2. The number of rotatable bonds is 7. The molecule has 0 fully saturated rings. The monoisotopic (exact) mass is 351 g/mol. The molecule has 23 heavy (non-hydrogen) atoms. The number of anilines is 1. The molecule has 2 rings (SSSR count). The van der Waals surface area contributed by atoms with Crippen LogP contribution in [0.25, 0.3) is 0 Å². The summed E-state index contributed by atoms with van der Waals surface area (Å²) in [5, 5.41) is 13.5. The van der Waals surface area contributed by atoms with Gasteiger partial charge in [0.1, 0.15) is 0 Å². The minimum Gasteiger partial charge on any atom is -0.360 e.